The molecule has 3 heterocycles. The van der Waals surface area contributed by atoms with Crippen LogP contribution in [0.5, 0.6) is 0 Å². The monoisotopic (exact) mass is 909 g/mol. The molecule has 0 fully saturated rings. The number of aryl methyl sites for hydroxylation is 3. The van der Waals surface area contributed by atoms with Crippen LogP contribution in [0.25, 0.3) is 22.1 Å². The van der Waals surface area contributed by atoms with Crippen LogP contribution in [0, 0.1) is 20.8 Å². The lowest BCUT2D eigenvalue weighted by molar-refractivity contribution is 0.332. The van der Waals surface area contributed by atoms with Crippen LogP contribution in [0.3, 0.4) is 0 Å². The van der Waals surface area contributed by atoms with Crippen LogP contribution in [0.1, 0.15) is 172 Å². The molecule has 0 saturated heterocycles. The van der Waals surface area contributed by atoms with E-state index < -0.39 is 0 Å². The molecule has 5 aliphatic rings. The van der Waals surface area contributed by atoms with Gasteiger partial charge in [0.15, 0.2) is 0 Å². The van der Waals surface area contributed by atoms with Crippen LogP contribution in [0.15, 0.2) is 101 Å². The summed E-state index contributed by atoms with van der Waals surface area (Å²) in [6.07, 6.45) is 7.02. The largest absolute Gasteiger partial charge is 0.468 e. The second kappa shape index (κ2) is 14.3. The van der Waals surface area contributed by atoms with E-state index in [-0.39, 0.29) is 39.2 Å². The van der Waals surface area contributed by atoms with Crippen molar-refractivity contribution in [3.05, 3.63) is 147 Å². The van der Waals surface area contributed by atoms with Gasteiger partial charge in [0.2, 0.25) is 0 Å². The maximum absolute atomic E-state index is 7.67. The molecule has 3 aliphatic carbocycles. The van der Waals surface area contributed by atoms with Crippen LogP contribution in [0.4, 0.5) is 34.1 Å². The first kappa shape index (κ1) is 44.7. The van der Waals surface area contributed by atoms with Crippen LogP contribution < -0.4 is 26.4 Å². The number of nitrogens with zero attached hydrogens (tertiary/aromatic N) is 2. The van der Waals surface area contributed by atoms with Crippen molar-refractivity contribution >= 4 is 68.4 Å². The van der Waals surface area contributed by atoms with Gasteiger partial charge in [-0.1, -0.05) is 126 Å². The molecule has 2 aliphatic heterocycles. The topological polar surface area (TPSA) is 19.6 Å². The van der Waals surface area contributed by atoms with Crippen molar-refractivity contribution < 1.29 is 4.42 Å². The lowest BCUT2D eigenvalue weighted by atomic mass is 9.35. The van der Waals surface area contributed by atoms with E-state index in [1.54, 1.807) is 0 Å². The van der Waals surface area contributed by atoms with Gasteiger partial charge in [-0.2, -0.15) is 0 Å². The summed E-state index contributed by atoms with van der Waals surface area (Å²) in [7, 11) is 0. The first-order valence-electron chi connectivity index (χ1n) is 26.3. The molecule has 352 valence electrons. The highest BCUT2D eigenvalue weighted by atomic mass is 16.3. The van der Waals surface area contributed by atoms with Gasteiger partial charge in [-0.15, -0.1) is 0 Å². The van der Waals surface area contributed by atoms with Crippen LogP contribution in [0.2, 0.25) is 0 Å². The molecule has 0 atom stereocenters. The highest BCUT2D eigenvalue weighted by molar-refractivity contribution is 7.00. The zero-order chi connectivity index (χ0) is 48.7. The summed E-state index contributed by atoms with van der Waals surface area (Å²) in [5, 5.41) is 1.21. The Labute approximate surface area is 413 Å². The Morgan fingerprint density at radius 2 is 0.928 bits per heavy atom. The number of fused-ring (bicyclic) bond motifs is 9. The molecule has 0 amide bonds. The van der Waals surface area contributed by atoms with Crippen LogP contribution in [-0.4, -0.2) is 6.71 Å². The van der Waals surface area contributed by atoms with E-state index in [4.69, 9.17) is 4.42 Å². The summed E-state index contributed by atoms with van der Waals surface area (Å²) in [6, 6.07) is 38.9. The van der Waals surface area contributed by atoms with Crippen molar-refractivity contribution in [2.45, 2.75) is 175 Å². The first-order valence-corrected chi connectivity index (χ1v) is 26.3. The summed E-state index contributed by atoms with van der Waals surface area (Å²) in [5.41, 5.74) is 27.8. The van der Waals surface area contributed by atoms with Crippen molar-refractivity contribution in [1.82, 2.24) is 0 Å². The Kier molecular flexibility index (Phi) is 9.28. The van der Waals surface area contributed by atoms with E-state index in [0.29, 0.717) is 0 Å². The zero-order valence-corrected chi connectivity index (χ0v) is 44.4. The zero-order valence-electron chi connectivity index (χ0n) is 44.4. The number of anilines is 6. The lowest BCUT2D eigenvalue weighted by Gasteiger charge is -2.47. The maximum Gasteiger partial charge on any atom is 0.297 e. The molecule has 6 aromatic carbocycles. The summed E-state index contributed by atoms with van der Waals surface area (Å²) in [6.45, 7) is 36.2. The highest BCUT2D eigenvalue weighted by Crippen LogP contribution is 2.55. The predicted molar refractivity (Wildman–Crippen MR) is 296 cm³/mol. The number of furan rings is 1. The Hall–Kier alpha value is -5.48. The van der Waals surface area contributed by atoms with E-state index in [1.807, 2.05) is 0 Å². The van der Waals surface area contributed by atoms with E-state index in [2.05, 4.69) is 211 Å². The van der Waals surface area contributed by atoms with E-state index in [9.17, 15) is 0 Å². The summed E-state index contributed by atoms with van der Waals surface area (Å²) in [4.78, 5) is 5.27. The minimum absolute atomic E-state index is 0.0351. The van der Waals surface area contributed by atoms with Crippen molar-refractivity contribution in [3.63, 3.8) is 0 Å². The van der Waals surface area contributed by atoms with Crippen LogP contribution >= 0.6 is 0 Å². The second-order valence-electron chi connectivity index (χ2n) is 26.3. The highest BCUT2D eigenvalue weighted by Gasteiger charge is 2.50. The third-order valence-electron chi connectivity index (χ3n) is 18.7. The van der Waals surface area contributed by atoms with Crippen molar-refractivity contribution in [2.75, 3.05) is 9.80 Å². The number of hydrogen-bond acceptors (Lipinski definition) is 3. The average molecular weight is 909 g/mol. The molecule has 7 aromatic rings. The van der Waals surface area contributed by atoms with Gasteiger partial charge in [0.05, 0.1) is 11.3 Å². The fourth-order valence-corrected chi connectivity index (χ4v) is 14.0. The Bertz CT molecular complexity index is 3310. The minimum atomic E-state index is -0.105. The lowest BCUT2D eigenvalue weighted by Crippen LogP contribution is -2.61. The van der Waals surface area contributed by atoms with Crippen molar-refractivity contribution in [1.29, 1.82) is 0 Å². The fraction of sp³-hybridized carbons (Fsp3) is 0.415. The first-order chi connectivity index (χ1) is 32.4. The molecular formula is C65H73BN2O. The molecule has 0 spiro atoms. The summed E-state index contributed by atoms with van der Waals surface area (Å²) >= 11 is 0. The quantitative estimate of drug-likeness (QED) is 0.165. The van der Waals surface area contributed by atoms with E-state index in [1.165, 1.54) is 125 Å². The molecule has 0 radical (unpaired) electrons. The molecule has 0 saturated carbocycles. The van der Waals surface area contributed by atoms with E-state index >= 15 is 0 Å². The Morgan fingerprint density at radius 1 is 0.449 bits per heavy atom. The average Bonchev–Trinajstić information content (AvgIpc) is 3.66. The number of benzene rings is 6. The van der Waals surface area contributed by atoms with Gasteiger partial charge < -0.3 is 14.2 Å². The summed E-state index contributed by atoms with van der Waals surface area (Å²) in [5.74, 6) is 0. The molecule has 0 bridgehead atoms. The van der Waals surface area contributed by atoms with Crippen molar-refractivity contribution in [2.24, 2.45) is 0 Å². The minimum Gasteiger partial charge on any atom is -0.468 e. The molecule has 0 N–H and O–H groups in total. The number of rotatable bonds is 3. The van der Waals surface area contributed by atoms with Gasteiger partial charge in [-0.25, -0.2) is 0 Å². The van der Waals surface area contributed by atoms with Gasteiger partial charge in [0, 0.05) is 33.8 Å². The molecule has 69 heavy (non-hydrogen) atoms. The predicted octanol–water partition coefficient (Wildman–Crippen LogP) is 16.2. The third-order valence-corrected chi connectivity index (χ3v) is 18.7. The molecular weight excluding hydrogens is 836 g/mol. The van der Waals surface area contributed by atoms with Gasteiger partial charge in [0.1, 0.15) is 5.58 Å². The molecule has 0 unspecified atom stereocenters. The molecule has 12 rings (SSSR count). The van der Waals surface area contributed by atoms with Gasteiger partial charge >= 0.3 is 0 Å². The van der Waals surface area contributed by atoms with E-state index in [0.717, 1.165) is 36.2 Å². The maximum atomic E-state index is 7.67. The van der Waals surface area contributed by atoms with Gasteiger partial charge in [-0.3, -0.25) is 0 Å². The molecule has 4 heteroatoms. The van der Waals surface area contributed by atoms with Gasteiger partial charge in [0.25, 0.3) is 6.71 Å². The number of hydrogen-bond donors (Lipinski definition) is 0. The molecule has 3 nitrogen and oxygen atoms in total. The standard InChI is InChI=1S/C65H73BN2O/c1-38-31-53-57-54(32-38)68(42-21-19-41(20-22-42)56-39(2)17-16-18-40(56)3)58-44-34-47-50(65(14,15)30-27-62(47,8)9)37-55(44)69-59(58)66(57)51-35-48-49(64(12,13)29-28-63(48,10)11)36-52(51)67(53)43-23-24-45-46(33-43)61(6,7)26-25-60(45,4)5/h16-24,31-37H,25-30H2,1-15H3. The Balaban J connectivity index is 1.19. The van der Waals surface area contributed by atoms with Crippen LogP contribution in [-0.2, 0) is 32.5 Å². The smallest absolute Gasteiger partial charge is 0.297 e. The van der Waals surface area contributed by atoms with Crippen molar-refractivity contribution in [3.8, 4) is 11.1 Å². The molecule has 1 aromatic heterocycles. The Morgan fingerprint density at radius 3 is 1.51 bits per heavy atom. The third kappa shape index (κ3) is 6.44. The van der Waals surface area contributed by atoms with Gasteiger partial charge in [-0.05, 0) is 219 Å². The normalized spacial score (nSPS) is 20.4. The fourth-order valence-electron chi connectivity index (χ4n) is 14.0. The second-order valence-corrected chi connectivity index (χ2v) is 26.3. The SMILES string of the molecule is Cc1cc2c3c(c1)N(c1ccc(-c4c(C)cccc4C)cc1)c1c(oc4cc5c(cc14)C(C)(C)CCC5(C)C)B3c1cc3c(cc1N2c1ccc2c(c1)C(C)(C)CCC2(C)C)C(C)(C)CCC3(C)C. The summed E-state index contributed by atoms with van der Waals surface area (Å²) < 4.78 is 7.67.